The molecule has 1 fully saturated rings. The quantitative estimate of drug-likeness (QED) is 0.322. The maximum Gasteiger partial charge on any atom is 0.186 e. The average Bonchev–Trinajstić information content (AvgIpc) is 2.42. The zero-order valence-electron chi connectivity index (χ0n) is 10.7. The summed E-state index contributed by atoms with van der Waals surface area (Å²) in [5, 5.41) is 37.8. The van der Waals surface area contributed by atoms with Crippen LogP contribution in [0.5, 0.6) is 0 Å². The van der Waals surface area contributed by atoms with E-state index < -0.39 is 37.3 Å². The molecule has 1 aliphatic heterocycles. The molecule has 1 heterocycles. The second-order valence-corrected chi connectivity index (χ2v) is 5.55. The van der Waals surface area contributed by atoms with Gasteiger partial charge in [0.1, 0.15) is 24.4 Å². The minimum absolute atomic E-state index is 0.361. The molecule has 5 atom stereocenters. The number of hydrogen-bond acceptors (Lipinski definition) is 8. The van der Waals surface area contributed by atoms with Crippen molar-refractivity contribution >= 4 is 11.8 Å². The first-order valence-electron chi connectivity index (χ1n) is 6.31. The SMILES string of the molecule is NCCSCCCOC1O[C@H](CO)[C@@H](O)[C@H](O)[C@@H]1O. The fourth-order valence-corrected chi connectivity index (χ4v) is 2.44. The summed E-state index contributed by atoms with van der Waals surface area (Å²) < 4.78 is 10.5. The van der Waals surface area contributed by atoms with E-state index in [1.54, 1.807) is 11.8 Å². The van der Waals surface area contributed by atoms with Crippen molar-refractivity contribution in [3.8, 4) is 0 Å². The minimum atomic E-state index is -1.39. The highest BCUT2D eigenvalue weighted by Gasteiger charge is 2.43. The Kier molecular flexibility index (Phi) is 8.19. The number of aliphatic hydroxyl groups is 4. The summed E-state index contributed by atoms with van der Waals surface area (Å²) >= 11 is 1.71. The molecule has 0 bridgehead atoms. The Labute approximate surface area is 116 Å². The highest BCUT2D eigenvalue weighted by Crippen LogP contribution is 2.22. The molecule has 6 N–H and O–H groups in total. The van der Waals surface area contributed by atoms with Gasteiger partial charge in [-0.25, -0.2) is 0 Å². The van der Waals surface area contributed by atoms with E-state index in [1.807, 2.05) is 0 Å². The largest absolute Gasteiger partial charge is 0.394 e. The number of hydrogen-bond donors (Lipinski definition) is 5. The molecule has 0 aliphatic carbocycles. The fourth-order valence-electron chi connectivity index (χ4n) is 1.75. The number of aliphatic hydroxyl groups excluding tert-OH is 4. The third-order valence-corrected chi connectivity index (χ3v) is 3.93. The maximum atomic E-state index is 9.70. The summed E-state index contributed by atoms with van der Waals surface area (Å²) in [4.78, 5) is 0. The van der Waals surface area contributed by atoms with E-state index in [2.05, 4.69) is 0 Å². The van der Waals surface area contributed by atoms with Crippen molar-refractivity contribution in [1.82, 2.24) is 0 Å². The lowest BCUT2D eigenvalue weighted by atomic mass is 9.99. The van der Waals surface area contributed by atoms with Crippen molar-refractivity contribution in [2.75, 3.05) is 31.3 Å². The molecule has 114 valence electrons. The Balaban J connectivity index is 2.28. The monoisotopic (exact) mass is 297 g/mol. The van der Waals surface area contributed by atoms with Gasteiger partial charge in [-0.3, -0.25) is 0 Å². The van der Waals surface area contributed by atoms with Gasteiger partial charge < -0.3 is 35.6 Å². The molecule has 0 saturated carbocycles. The second-order valence-electron chi connectivity index (χ2n) is 4.32. The summed E-state index contributed by atoms with van der Waals surface area (Å²) in [7, 11) is 0. The van der Waals surface area contributed by atoms with Gasteiger partial charge >= 0.3 is 0 Å². The first-order valence-corrected chi connectivity index (χ1v) is 7.47. The van der Waals surface area contributed by atoms with E-state index in [1.165, 1.54) is 0 Å². The van der Waals surface area contributed by atoms with Crippen molar-refractivity contribution in [3.63, 3.8) is 0 Å². The normalized spacial score (nSPS) is 35.5. The molecule has 0 amide bonds. The van der Waals surface area contributed by atoms with E-state index in [4.69, 9.17) is 20.3 Å². The number of ether oxygens (including phenoxy) is 2. The van der Waals surface area contributed by atoms with E-state index in [0.717, 1.165) is 17.9 Å². The summed E-state index contributed by atoms with van der Waals surface area (Å²) in [5.74, 6) is 1.77. The first-order chi connectivity index (χ1) is 9.11. The predicted octanol–water partition coefficient (Wildman–Crippen LogP) is -2.12. The molecule has 19 heavy (non-hydrogen) atoms. The van der Waals surface area contributed by atoms with Gasteiger partial charge in [0.05, 0.1) is 13.2 Å². The summed E-state index contributed by atoms with van der Waals surface area (Å²) in [5.41, 5.74) is 5.36. The van der Waals surface area contributed by atoms with Gasteiger partial charge in [0, 0.05) is 12.3 Å². The molecular weight excluding hydrogens is 274 g/mol. The van der Waals surface area contributed by atoms with Gasteiger partial charge in [-0.05, 0) is 12.2 Å². The lowest BCUT2D eigenvalue weighted by Crippen LogP contribution is -2.59. The summed E-state index contributed by atoms with van der Waals surface area (Å²) in [6.45, 7) is 0.551. The molecule has 1 aliphatic rings. The van der Waals surface area contributed by atoms with E-state index >= 15 is 0 Å². The van der Waals surface area contributed by atoms with Crippen LogP contribution in [-0.4, -0.2) is 82.4 Å². The molecule has 1 unspecified atom stereocenters. The molecule has 7 nitrogen and oxygen atoms in total. The van der Waals surface area contributed by atoms with Gasteiger partial charge in [0.25, 0.3) is 0 Å². The Morgan fingerprint density at radius 3 is 2.47 bits per heavy atom. The fraction of sp³-hybridized carbons (Fsp3) is 1.00. The smallest absolute Gasteiger partial charge is 0.186 e. The highest BCUT2D eigenvalue weighted by molar-refractivity contribution is 7.99. The molecule has 0 aromatic rings. The zero-order valence-corrected chi connectivity index (χ0v) is 11.5. The topological polar surface area (TPSA) is 125 Å². The van der Waals surface area contributed by atoms with Gasteiger partial charge in [0.2, 0.25) is 0 Å². The van der Waals surface area contributed by atoms with Gasteiger partial charge in [-0.2, -0.15) is 11.8 Å². The molecule has 0 spiro atoms. The molecule has 1 rings (SSSR count). The Morgan fingerprint density at radius 2 is 1.84 bits per heavy atom. The van der Waals surface area contributed by atoms with Gasteiger partial charge in [-0.15, -0.1) is 0 Å². The standard InChI is InChI=1S/C11H23NO6S/c12-2-5-19-4-1-3-17-11-10(16)9(15)8(14)7(6-13)18-11/h7-11,13-16H,1-6,12H2/t7-,8-,9+,10+,11?/m1/s1. The third kappa shape index (κ3) is 5.16. The lowest BCUT2D eigenvalue weighted by Gasteiger charge is -2.39. The number of nitrogens with two attached hydrogens (primary N) is 1. The van der Waals surface area contributed by atoms with Crippen LogP contribution in [0.15, 0.2) is 0 Å². The molecule has 0 aromatic carbocycles. The van der Waals surface area contributed by atoms with Crippen LogP contribution < -0.4 is 5.73 Å². The van der Waals surface area contributed by atoms with Crippen LogP contribution in [0.2, 0.25) is 0 Å². The molecular formula is C11H23NO6S. The van der Waals surface area contributed by atoms with Crippen LogP contribution in [-0.2, 0) is 9.47 Å². The van der Waals surface area contributed by atoms with E-state index in [-0.39, 0.29) is 0 Å². The van der Waals surface area contributed by atoms with Gasteiger partial charge in [0.15, 0.2) is 6.29 Å². The Hall–Kier alpha value is 0.0700. The Bertz CT molecular complexity index is 245. The highest BCUT2D eigenvalue weighted by atomic mass is 32.2. The van der Waals surface area contributed by atoms with Crippen molar-refractivity contribution in [3.05, 3.63) is 0 Å². The molecule has 1 saturated heterocycles. The summed E-state index contributed by atoms with van der Waals surface area (Å²) in [6, 6.07) is 0. The lowest BCUT2D eigenvalue weighted by molar-refractivity contribution is -0.300. The third-order valence-electron chi connectivity index (χ3n) is 2.83. The van der Waals surface area contributed by atoms with Crippen LogP contribution >= 0.6 is 11.8 Å². The van der Waals surface area contributed by atoms with Crippen molar-refractivity contribution in [2.45, 2.75) is 37.1 Å². The number of rotatable bonds is 8. The molecule has 0 aromatic heterocycles. The minimum Gasteiger partial charge on any atom is -0.394 e. The maximum absolute atomic E-state index is 9.70. The van der Waals surface area contributed by atoms with Crippen LogP contribution in [0.3, 0.4) is 0 Å². The second kappa shape index (κ2) is 9.09. The predicted molar refractivity (Wildman–Crippen MR) is 70.7 cm³/mol. The van der Waals surface area contributed by atoms with Crippen molar-refractivity contribution in [1.29, 1.82) is 0 Å². The van der Waals surface area contributed by atoms with Crippen LogP contribution in [0.4, 0.5) is 0 Å². The van der Waals surface area contributed by atoms with Crippen LogP contribution in [0, 0.1) is 0 Å². The van der Waals surface area contributed by atoms with E-state index in [9.17, 15) is 15.3 Å². The first kappa shape index (κ1) is 17.1. The molecule has 0 radical (unpaired) electrons. The van der Waals surface area contributed by atoms with Crippen LogP contribution in [0.1, 0.15) is 6.42 Å². The molecule has 8 heteroatoms. The van der Waals surface area contributed by atoms with Crippen molar-refractivity contribution in [2.24, 2.45) is 5.73 Å². The summed E-state index contributed by atoms with van der Waals surface area (Å²) in [6.07, 6.45) is -5.25. The average molecular weight is 297 g/mol. The zero-order chi connectivity index (χ0) is 14.3. The van der Waals surface area contributed by atoms with E-state index in [0.29, 0.717) is 13.2 Å². The number of thioether (sulfide) groups is 1. The van der Waals surface area contributed by atoms with Gasteiger partial charge in [-0.1, -0.05) is 0 Å². The van der Waals surface area contributed by atoms with Crippen LogP contribution in [0.25, 0.3) is 0 Å². The van der Waals surface area contributed by atoms with Crippen molar-refractivity contribution < 1.29 is 29.9 Å². The Morgan fingerprint density at radius 1 is 1.11 bits per heavy atom.